The average molecular weight is 300 g/mol. The van der Waals surface area contributed by atoms with Crippen LogP contribution in [0, 0.1) is 13.8 Å². The highest BCUT2D eigenvalue weighted by molar-refractivity contribution is 5.92. The molecular formula is C18H24N2O2. The number of hydrogen-bond donors (Lipinski definition) is 2. The van der Waals surface area contributed by atoms with Crippen LogP contribution in [-0.2, 0) is 0 Å². The van der Waals surface area contributed by atoms with E-state index in [0.717, 1.165) is 16.9 Å². The number of nitrogens with two attached hydrogens (primary N) is 1. The number of amides is 1. The largest absolute Gasteiger partial charge is 0.456 e. The van der Waals surface area contributed by atoms with Gasteiger partial charge in [0.2, 0.25) is 0 Å². The third kappa shape index (κ3) is 3.77. The first-order valence-electron chi connectivity index (χ1n) is 7.59. The second kappa shape index (κ2) is 6.79. The van der Waals surface area contributed by atoms with Crippen molar-refractivity contribution in [1.82, 2.24) is 5.32 Å². The average Bonchev–Trinajstić information content (AvgIpc) is 2.83. The molecule has 0 fully saturated rings. The van der Waals surface area contributed by atoms with Crippen molar-refractivity contribution in [3.05, 3.63) is 58.5 Å². The van der Waals surface area contributed by atoms with Crippen LogP contribution in [0.3, 0.4) is 0 Å². The van der Waals surface area contributed by atoms with Crippen LogP contribution in [0.2, 0.25) is 0 Å². The summed E-state index contributed by atoms with van der Waals surface area (Å²) in [6.07, 6.45) is 0. The minimum absolute atomic E-state index is 0.222. The summed E-state index contributed by atoms with van der Waals surface area (Å²) in [6, 6.07) is 9.83. The van der Waals surface area contributed by atoms with Crippen LogP contribution >= 0.6 is 0 Å². The molecule has 0 aliphatic rings. The molecule has 1 unspecified atom stereocenters. The first kappa shape index (κ1) is 16.3. The van der Waals surface area contributed by atoms with Gasteiger partial charge in [-0.05, 0) is 37.0 Å². The normalized spacial score (nSPS) is 12.5. The Bertz CT molecular complexity index is 642. The lowest BCUT2D eigenvalue weighted by Crippen LogP contribution is -2.32. The Balaban J connectivity index is 1.96. The van der Waals surface area contributed by atoms with Crippen LogP contribution < -0.4 is 11.1 Å². The van der Waals surface area contributed by atoms with Crippen molar-refractivity contribution in [2.75, 3.05) is 6.54 Å². The van der Waals surface area contributed by atoms with Gasteiger partial charge in [0.05, 0.1) is 0 Å². The Labute approximate surface area is 131 Å². The molecule has 0 saturated heterocycles. The van der Waals surface area contributed by atoms with Gasteiger partial charge >= 0.3 is 0 Å². The molecule has 1 amide bonds. The molecule has 4 heteroatoms. The quantitative estimate of drug-likeness (QED) is 0.888. The second-order valence-electron chi connectivity index (χ2n) is 6.01. The number of rotatable bonds is 5. The van der Waals surface area contributed by atoms with Crippen molar-refractivity contribution in [2.24, 2.45) is 5.73 Å². The van der Waals surface area contributed by atoms with Gasteiger partial charge in [-0.3, -0.25) is 4.79 Å². The highest BCUT2D eigenvalue weighted by Crippen LogP contribution is 2.18. The van der Waals surface area contributed by atoms with Gasteiger partial charge in [-0.25, -0.2) is 0 Å². The van der Waals surface area contributed by atoms with E-state index in [0.29, 0.717) is 18.2 Å². The number of aryl methyl sites for hydroxylation is 2. The summed E-state index contributed by atoms with van der Waals surface area (Å²) in [5, 5.41) is 2.83. The molecule has 1 heterocycles. The molecule has 0 aliphatic carbocycles. The number of nitrogens with one attached hydrogen (secondary N) is 1. The minimum atomic E-state index is -0.235. The fraction of sp³-hybridized carbons (Fsp3) is 0.389. The van der Waals surface area contributed by atoms with E-state index in [9.17, 15) is 4.79 Å². The zero-order valence-electron chi connectivity index (χ0n) is 13.6. The summed E-state index contributed by atoms with van der Waals surface area (Å²) in [4.78, 5) is 12.1. The summed E-state index contributed by atoms with van der Waals surface area (Å²) in [5.74, 6) is 1.37. The Morgan fingerprint density at radius 1 is 1.18 bits per heavy atom. The van der Waals surface area contributed by atoms with Gasteiger partial charge in [0.25, 0.3) is 5.91 Å². The molecule has 118 valence electrons. The standard InChI is InChI=1S/C18H24N2O2/c1-11(2)14-5-7-15(8-6-14)16(19)10-20-18(21)17-12(3)9-13(4)22-17/h5-9,11,16H,10,19H2,1-4H3,(H,20,21). The number of carbonyl (C=O) groups excluding carboxylic acids is 1. The highest BCUT2D eigenvalue weighted by Gasteiger charge is 2.15. The maximum atomic E-state index is 12.1. The van der Waals surface area contributed by atoms with Crippen LogP contribution in [0.15, 0.2) is 34.7 Å². The van der Waals surface area contributed by atoms with Gasteiger partial charge in [-0.1, -0.05) is 38.1 Å². The Hall–Kier alpha value is -2.07. The fourth-order valence-corrected chi connectivity index (χ4v) is 2.40. The lowest BCUT2D eigenvalue weighted by atomic mass is 9.99. The van der Waals surface area contributed by atoms with Crippen LogP contribution in [0.25, 0.3) is 0 Å². The molecule has 4 nitrogen and oxygen atoms in total. The molecule has 0 saturated carbocycles. The molecule has 0 radical (unpaired) electrons. The zero-order valence-corrected chi connectivity index (χ0v) is 13.6. The van der Waals surface area contributed by atoms with Gasteiger partial charge in [0.1, 0.15) is 5.76 Å². The molecule has 0 bridgehead atoms. The lowest BCUT2D eigenvalue weighted by Gasteiger charge is -2.14. The van der Waals surface area contributed by atoms with Crippen LogP contribution in [0.1, 0.15) is 58.8 Å². The van der Waals surface area contributed by atoms with Crippen molar-refractivity contribution in [3.63, 3.8) is 0 Å². The predicted octanol–water partition coefficient (Wildman–Crippen LogP) is 3.45. The third-order valence-electron chi connectivity index (χ3n) is 3.76. The Morgan fingerprint density at radius 3 is 2.27 bits per heavy atom. The third-order valence-corrected chi connectivity index (χ3v) is 3.76. The van der Waals surface area contributed by atoms with E-state index < -0.39 is 0 Å². The Morgan fingerprint density at radius 2 is 1.77 bits per heavy atom. The molecule has 1 aromatic carbocycles. The van der Waals surface area contributed by atoms with E-state index in [-0.39, 0.29) is 11.9 Å². The van der Waals surface area contributed by atoms with E-state index in [1.165, 1.54) is 5.56 Å². The van der Waals surface area contributed by atoms with Crippen molar-refractivity contribution in [1.29, 1.82) is 0 Å². The molecule has 22 heavy (non-hydrogen) atoms. The number of benzene rings is 1. The predicted molar refractivity (Wildman–Crippen MR) is 88.0 cm³/mol. The van der Waals surface area contributed by atoms with E-state index in [2.05, 4.69) is 31.3 Å². The maximum absolute atomic E-state index is 12.1. The molecule has 1 aromatic heterocycles. The van der Waals surface area contributed by atoms with Gasteiger partial charge < -0.3 is 15.5 Å². The summed E-state index contributed by atoms with van der Waals surface area (Å²) in [7, 11) is 0. The molecule has 0 spiro atoms. The van der Waals surface area contributed by atoms with Gasteiger partial charge in [0.15, 0.2) is 5.76 Å². The molecule has 0 aliphatic heterocycles. The van der Waals surface area contributed by atoms with E-state index in [1.54, 1.807) is 0 Å². The monoisotopic (exact) mass is 300 g/mol. The first-order valence-corrected chi connectivity index (χ1v) is 7.59. The van der Waals surface area contributed by atoms with E-state index >= 15 is 0 Å². The van der Waals surface area contributed by atoms with Crippen LogP contribution in [-0.4, -0.2) is 12.5 Å². The zero-order chi connectivity index (χ0) is 16.3. The van der Waals surface area contributed by atoms with E-state index in [1.807, 2.05) is 32.0 Å². The number of furan rings is 1. The van der Waals surface area contributed by atoms with Crippen molar-refractivity contribution >= 4 is 5.91 Å². The topological polar surface area (TPSA) is 68.3 Å². The highest BCUT2D eigenvalue weighted by atomic mass is 16.3. The maximum Gasteiger partial charge on any atom is 0.287 e. The first-order chi connectivity index (χ1) is 10.4. The van der Waals surface area contributed by atoms with E-state index in [4.69, 9.17) is 10.2 Å². The molecular weight excluding hydrogens is 276 g/mol. The summed E-state index contributed by atoms with van der Waals surface area (Å²) in [6.45, 7) is 8.37. The number of hydrogen-bond acceptors (Lipinski definition) is 3. The summed E-state index contributed by atoms with van der Waals surface area (Å²) < 4.78 is 5.40. The van der Waals surface area contributed by atoms with Gasteiger partial charge in [0, 0.05) is 18.2 Å². The molecule has 2 rings (SSSR count). The number of carbonyl (C=O) groups is 1. The second-order valence-corrected chi connectivity index (χ2v) is 6.01. The molecule has 1 atom stereocenters. The minimum Gasteiger partial charge on any atom is -0.456 e. The van der Waals surface area contributed by atoms with Gasteiger partial charge in [-0.15, -0.1) is 0 Å². The molecule has 3 N–H and O–H groups in total. The van der Waals surface area contributed by atoms with Crippen molar-refractivity contribution in [2.45, 2.75) is 39.7 Å². The molecule has 2 aromatic rings. The summed E-state index contributed by atoms with van der Waals surface area (Å²) >= 11 is 0. The van der Waals surface area contributed by atoms with Gasteiger partial charge in [-0.2, -0.15) is 0 Å². The SMILES string of the molecule is Cc1cc(C)c(C(=O)NCC(N)c2ccc(C(C)C)cc2)o1. The van der Waals surface area contributed by atoms with Crippen LogP contribution in [0.4, 0.5) is 0 Å². The smallest absolute Gasteiger partial charge is 0.287 e. The van der Waals surface area contributed by atoms with Crippen LogP contribution in [0.5, 0.6) is 0 Å². The van der Waals surface area contributed by atoms with Crippen molar-refractivity contribution in [3.8, 4) is 0 Å². The fourth-order valence-electron chi connectivity index (χ4n) is 2.40. The lowest BCUT2D eigenvalue weighted by molar-refractivity contribution is 0.0921. The Kier molecular flexibility index (Phi) is 5.03. The van der Waals surface area contributed by atoms with Crippen molar-refractivity contribution < 1.29 is 9.21 Å². The summed E-state index contributed by atoms with van der Waals surface area (Å²) in [5.41, 5.74) is 9.27.